The summed E-state index contributed by atoms with van der Waals surface area (Å²) in [6.45, 7) is 6.34. The Morgan fingerprint density at radius 2 is 2.26 bits per heavy atom. The van der Waals surface area contributed by atoms with Crippen molar-refractivity contribution in [2.24, 2.45) is 10.9 Å². The minimum Gasteiger partial charge on any atom is -0.495 e. The van der Waals surface area contributed by atoms with E-state index in [0.29, 0.717) is 13.1 Å². The number of hydrogen-bond donors (Lipinski definition) is 0. The van der Waals surface area contributed by atoms with Crippen LogP contribution in [0.1, 0.15) is 12.5 Å². The number of fused-ring (bicyclic) bond motifs is 1. The van der Waals surface area contributed by atoms with Crippen LogP contribution in [-0.2, 0) is 20.9 Å². The molecule has 2 heterocycles. The molecule has 0 spiro atoms. The topological polar surface area (TPSA) is 60.4 Å². The second-order valence-corrected chi connectivity index (χ2v) is 6.88. The monoisotopic (exact) mass is 430 g/mol. The summed E-state index contributed by atoms with van der Waals surface area (Å²) in [4.78, 5) is 22.1. The van der Waals surface area contributed by atoms with Gasteiger partial charge < -0.3 is 9.47 Å². The third-order valence-electron chi connectivity index (χ3n) is 4.35. The molecule has 0 aliphatic carbocycles. The Labute approximate surface area is 148 Å². The number of carbonyl (C=O) groups is 1. The SMILES string of the molecule is C=NC[C@@H]1ON(Cc2cccc(I)c2OC)[C@@H]2C(=O)O[C@@H](C)[C@H]12. The summed E-state index contributed by atoms with van der Waals surface area (Å²) >= 11 is 2.23. The van der Waals surface area contributed by atoms with Gasteiger partial charge in [0.1, 0.15) is 24.0 Å². The summed E-state index contributed by atoms with van der Waals surface area (Å²) in [5, 5.41) is 1.71. The maximum atomic E-state index is 12.2. The Hall–Kier alpha value is -1.19. The fourth-order valence-corrected chi connectivity index (χ4v) is 4.14. The van der Waals surface area contributed by atoms with Crippen molar-refractivity contribution in [3.63, 3.8) is 0 Å². The Balaban J connectivity index is 1.87. The van der Waals surface area contributed by atoms with Crippen molar-refractivity contribution in [2.45, 2.75) is 31.7 Å². The molecule has 0 unspecified atom stereocenters. The first-order chi connectivity index (χ1) is 11.1. The molecular weight excluding hydrogens is 411 g/mol. The first kappa shape index (κ1) is 16.7. The van der Waals surface area contributed by atoms with Gasteiger partial charge in [0.25, 0.3) is 0 Å². The van der Waals surface area contributed by atoms with E-state index in [1.54, 1.807) is 12.2 Å². The van der Waals surface area contributed by atoms with Gasteiger partial charge in [0.2, 0.25) is 0 Å². The van der Waals surface area contributed by atoms with Gasteiger partial charge in [-0.05, 0) is 42.3 Å². The highest BCUT2D eigenvalue weighted by Crippen LogP contribution is 2.39. The van der Waals surface area contributed by atoms with E-state index in [9.17, 15) is 4.79 Å². The number of aliphatic imine (C=N–C) groups is 1. The third-order valence-corrected chi connectivity index (χ3v) is 5.20. The van der Waals surface area contributed by atoms with Gasteiger partial charge in [-0.25, -0.2) is 0 Å². The van der Waals surface area contributed by atoms with Crippen LogP contribution in [-0.4, -0.2) is 49.7 Å². The molecule has 2 saturated heterocycles. The van der Waals surface area contributed by atoms with E-state index in [1.165, 1.54) is 0 Å². The highest BCUT2D eigenvalue weighted by Gasteiger charge is 2.56. The van der Waals surface area contributed by atoms with Crippen LogP contribution in [0.15, 0.2) is 23.2 Å². The fourth-order valence-electron chi connectivity index (χ4n) is 3.36. The Morgan fingerprint density at radius 3 is 2.96 bits per heavy atom. The molecule has 0 aromatic heterocycles. The molecule has 2 aliphatic rings. The lowest BCUT2D eigenvalue weighted by Crippen LogP contribution is -2.35. The highest BCUT2D eigenvalue weighted by molar-refractivity contribution is 14.1. The number of halogens is 1. The van der Waals surface area contributed by atoms with Gasteiger partial charge in [-0.3, -0.25) is 14.6 Å². The maximum Gasteiger partial charge on any atom is 0.326 e. The maximum absolute atomic E-state index is 12.2. The van der Waals surface area contributed by atoms with Gasteiger partial charge in [0.05, 0.1) is 29.7 Å². The van der Waals surface area contributed by atoms with Crippen LogP contribution >= 0.6 is 22.6 Å². The number of esters is 1. The molecule has 0 bridgehead atoms. The van der Waals surface area contributed by atoms with E-state index in [2.05, 4.69) is 34.3 Å². The summed E-state index contributed by atoms with van der Waals surface area (Å²) in [5.74, 6) is 0.540. The van der Waals surface area contributed by atoms with Crippen LogP contribution < -0.4 is 4.74 Å². The molecule has 0 radical (unpaired) electrons. The van der Waals surface area contributed by atoms with Crippen LogP contribution in [0.3, 0.4) is 0 Å². The van der Waals surface area contributed by atoms with Gasteiger partial charge in [0, 0.05) is 5.56 Å². The van der Waals surface area contributed by atoms with Crippen LogP contribution in [0.4, 0.5) is 0 Å². The molecule has 7 heteroatoms. The number of nitrogens with zero attached hydrogens (tertiary/aromatic N) is 2. The predicted octanol–water partition coefficient (Wildman–Crippen LogP) is 2.05. The average molecular weight is 430 g/mol. The number of para-hydroxylation sites is 1. The Bertz CT molecular complexity index is 624. The number of ether oxygens (including phenoxy) is 2. The molecular formula is C16H19IN2O4. The number of carbonyl (C=O) groups excluding carboxylic acids is 1. The lowest BCUT2D eigenvalue weighted by atomic mass is 9.92. The molecule has 4 atom stereocenters. The molecule has 0 amide bonds. The zero-order valence-electron chi connectivity index (χ0n) is 13.1. The number of benzene rings is 1. The largest absolute Gasteiger partial charge is 0.495 e. The van der Waals surface area contributed by atoms with Crippen LogP contribution in [0, 0.1) is 9.49 Å². The van der Waals surface area contributed by atoms with Crippen LogP contribution in [0.25, 0.3) is 0 Å². The number of hydrogen-bond acceptors (Lipinski definition) is 6. The normalized spacial score (nSPS) is 30.1. The van der Waals surface area contributed by atoms with Crippen LogP contribution in [0.5, 0.6) is 5.75 Å². The van der Waals surface area contributed by atoms with E-state index in [1.807, 2.05) is 25.1 Å². The van der Waals surface area contributed by atoms with E-state index < -0.39 is 6.04 Å². The molecule has 2 aliphatic heterocycles. The molecule has 3 rings (SSSR count). The smallest absolute Gasteiger partial charge is 0.326 e. The molecule has 23 heavy (non-hydrogen) atoms. The Morgan fingerprint density at radius 1 is 1.48 bits per heavy atom. The van der Waals surface area contributed by atoms with Crippen molar-refractivity contribution in [1.82, 2.24) is 5.06 Å². The lowest BCUT2D eigenvalue weighted by Gasteiger charge is -2.21. The molecule has 124 valence electrons. The van der Waals surface area contributed by atoms with E-state index in [0.717, 1.165) is 14.9 Å². The molecule has 1 aromatic carbocycles. The molecule has 6 nitrogen and oxygen atoms in total. The zero-order valence-corrected chi connectivity index (χ0v) is 15.2. The van der Waals surface area contributed by atoms with Crippen molar-refractivity contribution < 1.29 is 19.1 Å². The predicted molar refractivity (Wildman–Crippen MR) is 93.4 cm³/mol. The summed E-state index contributed by atoms with van der Waals surface area (Å²) < 4.78 is 11.9. The zero-order chi connectivity index (χ0) is 16.6. The first-order valence-electron chi connectivity index (χ1n) is 7.44. The van der Waals surface area contributed by atoms with Gasteiger partial charge in [-0.2, -0.15) is 5.06 Å². The summed E-state index contributed by atoms with van der Waals surface area (Å²) in [5.41, 5.74) is 0.970. The van der Waals surface area contributed by atoms with Gasteiger partial charge >= 0.3 is 5.97 Å². The van der Waals surface area contributed by atoms with E-state index in [4.69, 9.17) is 14.3 Å². The van der Waals surface area contributed by atoms with Crippen molar-refractivity contribution in [3.05, 3.63) is 27.3 Å². The van der Waals surface area contributed by atoms with E-state index >= 15 is 0 Å². The van der Waals surface area contributed by atoms with Crippen molar-refractivity contribution in [2.75, 3.05) is 13.7 Å². The summed E-state index contributed by atoms with van der Waals surface area (Å²) in [6.07, 6.45) is -0.366. The Kier molecular flexibility index (Phi) is 4.88. The minimum absolute atomic E-state index is 0.0261. The molecule has 0 saturated carbocycles. The number of cyclic esters (lactones) is 1. The second-order valence-electron chi connectivity index (χ2n) is 5.72. The number of hydroxylamine groups is 2. The first-order valence-corrected chi connectivity index (χ1v) is 8.52. The number of methoxy groups -OCH3 is 1. The van der Waals surface area contributed by atoms with Crippen LogP contribution in [0.2, 0.25) is 0 Å². The van der Waals surface area contributed by atoms with Crippen molar-refractivity contribution in [3.8, 4) is 5.75 Å². The molecule has 0 N–H and O–H groups in total. The minimum atomic E-state index is -0.403. The summed E-state index contributed by atoms with van der Waals surface area (Å²) in [7, 11) is 1.64. The quantitative estimate of drug-likeness (QED) is 0.407. The van der Waals surface area contributed by atoms with Gasteiger partial charge in [-0.15, -0.1) is 0 Å². The standard InChI is InChI=1S/C16H19IN2O4/c1-9-13-12(7-18-2)23-19(14(13)16(20)22-9)8-10-5-4-6-11(17)15(10)21-3/h4-6,9,12-14H,2,7-8H2,1,3H3/t9-,12-,13+,14-/m0/s1. The van der Waals surface area contributed by atoms with Gasteiger partial charge in [-0.1, -0.05) is 12.1 Å². The lowest BCUT2D eigenvalue weighted by molar-refractivity contribution is -0.188. The van der Waals surface area contributed by atoms with Gasteiger partial charge in [0.15, 0.2) is 0 Å². The second kappa shape index (κ2) is 6.74. The van der Waals surface area contributed by atoms with Crippen molar-refractivity contribution >= 4 is 35.3 Å². The third kappa shape index (κ3) is 2.97. The number of rotatable bonds is 5. The van der Waals surface area contributed by atoms with Crippen molar-refractivity contribution in [1.29, 1.82) is 0 Å². The average Bonchev–Trinajstić information content (AvgIpc) is 3.00. The highest BCUT2D eigenvalue weighted by atomic mass is 127. The molecule has 2 fully saturated rings. The fraction of sp³-hybridized carbons (Fsp3) is 0.500. The summed E-state index contributed by atoms with van der Waals surface area (Å²) in [6, 6.07) is 5.51. The van der Waals surface area contributed by atoms with E-state index in [-0.39, 0.29) is 24.1 Å². The molecule has 1 aromatic rings.